The maximum atomic E-state index is 11.8. The Hall–Kier alpha value is -2.33. The van der Waals surface area contributed by atoms with Crippen LogP contribution in [-0.2, 0) is 4.79 Å². The largest absolute Gasteiger partial charge is 0.483 e. The Balaban J connectivity index is 1.82. The molecular formula is C19H21ClN2O2. The summed E-state index contributed by atoms with van der Waals surface area (Å²) in [6.45, 7) is 6.06. The highest BCUT2D eigenvalue weighted by Crippen LogP contribution is 2.21. The van der Waals surface area contributed by atoms with E-state index in [4.69, 9.17) is 16.3 Å². The molecule has 4 nitrogen and oxygen atoms in total. The Bertz CT molecular complexity index is 725. The van der Waals surface area contributed by atoms with Gasteiger partial charge >= 0.3 is 0 Å². The minimum Gasteiger partial charge on any atom is -0.483 e. The molecule has 0 aliphatic carbocycles. The quantitative estimate of drug-likeness (QED) is 0.627. The fourth-order valence-corrected chi connectivity index (χ4v) is 2.32. The molecule has 0 radical (unpaired) electrons. The van der Waals surface area contributed by atoms with Crippen molar-refractivity contribution in [1.29, 1.82) is 0 Å². The van der Waals surface area contributed by atoms with Gasteiger partial charge in [-0.05, 0) is 47.7 Å². The number of aryl methyl sites for hydroxylation is 1. The number of carbonyl (C=O) groups is 1. The van der Waals surface area contributed by atoms with Crippen LogP contribution < -0.4 is 10.2 Å². The zero-order valence-electron chi connectivity index (χ0n) is 14.0. The topological polar surface area (TPSA) is 50.7 Å². The molecule has 0 aliphatic rings. The predicted molar refractivity (Wildman–Crippen MR) is 98.0 cm³/mol. The molecular weight excluding hydrogens is 324 g/mol. The maximum absolute atomic E-state index is 11.8. The van der Waals surface area contributed by atoms with Crippen LogP contribution in [0.4, 0.5) is 0 Å². The third kappa shape index (κ3) is 5.39. The normalized spacial score (nSPS) is 11.0. The summed E-state index contributed by atoms with van der Waals surface area (Å²) in [5.41, 5.74) is 5.52. The van der Waals surface area contributed by atoms with Crippen molar-refractivity contribution in [2.24, 2.45) is 5.10 Å². The number of benzene rings is 2. The number of rotatable bonds is 6. The molecule has 1 N–H and O–H groups in total. The molecule has 0 aromatic heterocycles. The van der Waals surface area contributed by atoms with Crippen molar-refractivity contribution in [2.45, 2.75) is 26.7 Å². The maximum Gasteiger partial charge on any atom is 0.277 e. The summed E-state index contributed by atoms with van der Waals surface area (Å²) in [4.78, 5) is 11.8. The van der Waals surface area contributed by atoms with Crippen LogP contribution in [0.5, 0.6) is 5.75 Å². The van der Waals surface area contributed by atoms with Gasteiger partial charge in [0, 0.05) is 5.02 Å². The summed E-state index contributed by atoms with van der Waals surface area (Å²) >= 11 is 5.88. The molecule has 2 aromatic carbocycles. The monoisotopic (exact) mass is 344 g/mol. The highest BCUT2D eigenvalue weighted by molar-refractivity contribution is 6.30. The minimum atomic E-state index is -0.320. The van der Waals surface area contributed by atoms with Gasteiger partial charge in [-0.1, -0.05) is 49.7 Å². The molecule has 0 aliphatic heterocycles. The van der Waals surface area contributed by atoms with Crippen LogP contribution in [0.15, 0.2) is 47.6 Å². The third-order valence-corrected chi connectivity index (χ3v) is 3.74. The first-order valence-electron chi connectivity index (χ1n) is 7.76. The van der Waals surface area contributed by atoms with Gasteiger partial charge in [-0.3, -0.25) is 4.79 Å². The van der Waals surface area contributed by atoms with E-state index >= 15 is 0 Å². The van der Waals surface area contributed by atoms with Gasteiger partial charge in [-0.15, -0.1) is 0 Å². The standard InChI is InChI=1S/C19H21ClN2O2/c1-13(2)16-6-4-15(5-7-16)11-21-22-19(23)12-24-18-9-8-17(20)10-14(18)3/h4-11,13H,12H2,1-3H3,(H,22,23)/b21-11+. The second kappa shape index (κ2) is 8.50. The van der Waals surface area contributed by atoms with E-state index in [1.807, 2.05) is 19.1 Å². The summed E-state index contributed by atoms with van der Waals surface area (Å²) in [5.74, 6) is 0.798. The number of amides is 1. The van der Waals surface area contributed by atoms with Crippen molar-refractivity contribution in [2.75, 3.05) is 6.61 Å². The van der Waals surface area contributed by atoms with Gasteiger partial charge in [0.2, 0.25) is 0 Å². The van der Waals surface area contributed by atoms with E-state index in [-0.39, 0.29) is 12.5 Å². The van der Waals surface area contributed by atoms with Crippen molar-refractivity contribution in [3.05, 3.63) is 64.2 Å². The molecule has 2 aromatic rings. The Morgan fingerprint density at radius 3 is 2.58 bits per heavy atom. The number of hydrogen-bond acceptors (Lipinski definition) is 3. The number of hydrogen-bond donors (Lipinski definition) is 1. The second-order valence-corrected chi connectivity index (χ2v) is 6.25. The zero-order valence-corrected chi connectivity index (χ0v) is 14.8. The molecule has 24 heavy (non-hydrogen) atoms. The lowest BCUT2D eigenvalue weighted by molar-refractivity contribution is -0.123. The summed E-state index contributed by atoms with van der Waals surface area (Å²) < 4.78 is 5.45. The van der Waals surface area contributed by atoms with E-state index in [1.165, 1.54) is 5.56 Å². The first-order chi connectivity index (χ1) is 11.5. The van der Waals surface area contributed by atoms with Crippen molar-refractivity contribution in [3.8, 4) is 5.75 Å². The van der Waals surface area contributed by atoms with E-state index in [1.54, 1.807) is 24.4 Å². The van der Waals surface area contributed by atoms with Gasteiger partial charge in [-0.2, -0.15) is 5.10 Å². The van der Waals surface area contributed by atoms with Crippen LogP contribution in [-0.4, -0.2) is 18.7 Å². The summed E-state index contributed by atoms with van der Waals surface area (Å²) in [7, 11) is 0. The first-order valence-corrected chi connectivity index (χ1v) is 8.14. The lowest BCUT2D eigenvalue weighted by Crippen LogP contribution is -2.24. The minimum absolute atomic E-state index is 0.105. The first kappa shape index (κ1) is 18.0. The van der Waals surface area contributed by atoms with Crippen molar-refractivity contribution in [3.63, 3.8) is 0 Å². The van der Waals surface area contributed by atoms with Crippen LogP contribution in [0.2, 0.25) is 5.02 Å². The average molecular weight is 345 g/mol. The number of halogens is 1. The lowest BCUT2D eigenvalue weighted by atomic mass is 10.0. The highest BCUT2D eigenvalue weighted by Gasteiger charge is 2.04. The molecule has 0 spiro atoms. The van der Waals surface area contributed by atoms with Gasteiger partial charge < -0.3 is 4.74 Å². The number of ether oxygens (including phenoxy) is 1. The van der Waals surface area contributed by atoms with E-state index in [0.717, 1.165) is 11.1 Å². The van der Waals surface area contributed by atoms with Crippen LogP contribution in [0.25, 0.3) is 0 Å². The van der Waals surface area contributed by atoms with Gasteiger partial charge in [0.1, 0.15) is 5.75 Å². The Labute approximate surface area is 147 Å². The predicted octanol–water partition coefficient (Wildman–Crippen LogP) is 4.30. The number of nitrogens with one attached hydrogen (secondary N) is 1. The second-order valence-electron chi connectivity index (χ2n) is 5.81. The molecule has 0 atom stereocenters. The molecule has 126 valence electrons. The number of nitrogens with zero attached hydrogens (tertiary/aromatic N) is 1. The number of hydrazone groups is 1. The van der Waals surface area contributed by atoms with Gasteiger partial charge in [0.25, 0.3) is 5.91 Å². The third-order valence-electron chi connectivity index (χ3n) is 3.50. The molecule has 0 fully saturated rings. The Morgan fingerprint density at radius 2 is 1.96 bits per heavy atom. The van der Waals surface area contributed by atoms with E-state index in [9.17, 15) is 4.79 Å². The Morgan fingerprint density at radius 1 is 1.25 bits per heavy atom. The lowest BCUT2D eigenvalue weighted by Gasteiger charge is -2.08. The fraction of sp³-hybridized carbons (Fsp3) is 0.263. The molecule has 5 heteroatoms. The van der Waals surface area contributed by atoms with Crippen LogP contribution in [0.3, 0.4) is 0 Å². The zero-order chi connectivity index (χ0) is 17.5. The van der Waals surface area contributed by atoms with Crippen molar-refractivity contribution in [1.82, 2.24) is 5.43 Å². The molecule has 0 saturated heterocycles. The molecule has 0 unspecified atom stereocenters. The van der Waals surface area contributed by atoms with Crippen LogP contribution in [0, 0.1) is 6.92 Å². The summed E-state index contributed by atoms with van der Waals surface area (Å²) in [6, 6.07) is 13.3. The molecule has 2 rings (SSSR count). The number of carbonyl (C=O) groups excluding carboxylic acids is 1. The Kier molecular flexibility index (Phi) is 6.38. The van der Waals surface area contributed by atoms with E-state index < -0.39 is 0 Å². The van der Waals surface area contributed by atoms with E-state index in [0.29, 0.717) is 16.7 Å². The van der Waals surface area contributed by atoms with Crippen molar-refractivity contribution < 1.29 is 9.53 Å². The average Bonchev–Trinajstić information content (AvgIpc) is 2.54. The summed E-state index contributed by atoms with van der Waals surface area (Å²) in [5, 5.41) is 4.58. The fourth-order valence-electron chi connectivity index (χ4n) is 2.10. The molecule has 0 saturated carbocycles. The van der Waals surface area contributed by atoms with Crippen LogP contribution >= 0.6 is 11.6 Å². The summed E-state index contributed by atoms with van der Waals surface area (Å²) in [6.07, 6.45) is 1.61. The molecule has 1 amide bonds. The highest BCUT2D eigenvalue weighted by atomic mass is 35.5. The van der Waals surface area contributed by atoms with Gasteiger partial charge in [0.15, 0.2) is 6.61 Å². The van der Waals surface area contributed by atoms with E-state index in [2.05, 4.69) is 36.5 Å². The van der Waals surface area contributed by atoms with Crippen molar-refractivity contribution >= 4 is 23.7 Å². The molecule has 0 bridgehead atoms. The van der Waals surface area contributed by atoms with Gasteiger partial charge in [-0.25, -0.2) is 5.43 Å². The van der Waals surface area contributed by atoms with Crippen LogP contribution in [0.1, 0.15) is 36.5 Å². The smallest absolute Gasteiger partial charge is 0.277 e. The van der Waals surface area contributed by atoms with Gasteiger partial charge in [0.05, 0.1) is 6.21 Å². The SMILES string of the molecule is Cc1cc(Cl)ccc1OCC(=O)N/N=C/c1ccc(C(C)C)cc1. The molecule has 0 heterocycles.